The summed E-state index contributed by atoms with van der Waals surface area (Å²) in [6.45, 7) is 0. The van der Waals surface area contributed by atoms with Gasteiger partial charge in [-0.25, -0.2) is 5.54 Å². The van der Waals surface area contributed by atoms with Gasteiger partial charge < -0.3 is 16.4 Å². The highest BCUT2D eigenvalue weighted by molar-refractivity contribution is 5.94. The lowest BCUT2D eigenvalue weighted by Gasteiger charge is -2.10. The monoisotopic (exact) mass is 161 g/mol. The summed E-state index contributed by atoms with van der Waals surface area (Å²) in [7, 11) is 3.06. The topological polar surface area (TPSA) is 86.0 Å². The van der Waals surface area contributed by atoms with Gasteiger partial charge in [-0.2, -0.15) is 0 Å². The smallest absolute Gasteiger partial charge is 0.155 e. The third-order valence-electron chi connectivity index (χ3n) is 1.11. The van der Waals surface area contributed by atoms with Crippen LogP contribution in [-0.4, -0.2) is 19.9 Å². The first-order valence-corrected chi connectivity index (χ1v) is 2.98. The number of halogens is 1. The molecule has 5 nitrogen and oxygen atoms in total. The van der Waals surface area contributed by atoms with E-state index in [1.807, 2.05) is 0 Å². The Morgan fingerprint density at radius 1 is 1.36 bits per heavy atom. The van der Waals surface area contributed by atoms with Crippen molar-refractivity contribution in [2.45, 2.75) is 0 Å². The third-order valence-corrected chi connectivity index (χ3v) is 1.11. The van der Waals surface area contributed by atoms with E-state index in [2.05, 4.69) is 10.6 Å². The second-order valence-corrected chi connectivity index (χ2v) is 1.76. The molecule has 0 aromatic heterocycles. The number of hydrogen-bond acceptors (Lipinski definition) is 4. The molecule has 0 atom stereocenters. The molecule has 0 saturated carbocycles. The number of rotatable bonds is 4. The van der Waals surface area contributed by atoms with Gasteiger partial charge in [0.2, 0.25) is 0 Å². The highest BCUT2D eigenvalue weighted by Gasteiger charge is 2.05. The summed E-state index contributed by atoms with van der Waals surface area (Å²) >= 11 is 0. The van der Waals surface area contributed by atoms with E-state index in [1.165, 1.54) is 12.6 Å². The van der Waals surface area contributed by atoms with E-state index < -0.39 is 0 Å². The highest BCUT2D eigenvalue weighted by atomic mass is 19.2. The van der Waals surface area contributed by atoms with E-state index >= 15 is 0 Å². The first kappa shape index (κ1) is 9.54. The van der Waals surface area contributed by atoms with Gasteiger partial charge in [-0.1, -0.05) is 0 Å². The van der Waals surface area contributed by atoms with Crippen LogP contribution in [0.1, 0.15) is 0 Å². The Bertz CT molecular complexity index is 170. The quantitative estimate of drug-likeness (QED) is 0.208. The van der Waals surface area contributed by atoms with Crippen LogP contribution in [0.3, 0.4) is 0 Å². The fourth-order valence-electron chi connectivity index (χ4n) is 0.614. The van der Waals surface area contributed by atoms with E-state index in [0.717, 1.165) is 0 Å². The van der Waals surface area contributed by atoms with E-state index in [1.54, 1.807) is 7.05 Å². The van der Waals surface area contributed by atoms with Crippen molar-refractivity contribution in [2.24, 2.45) is 5.73 Å². The fourth-order valence-corrected chi connectivity index (χ4v) is 0.614. The molecule has 0 aliphatic heterocycles. The molecule has 0 heterocycles. The molecule has 11 heavy (non-hydrogen) atoms. The molecule has 0 rings (SSSR count). The van der Waals surface area contributed by atoms with Crippen LogP contribution in [-0.2, 0) is 0 Å². The molecule has 0 fully saturated rings. The van der Waals surface area contributed by atoms with Gasteiger partial charge in [0.05, 0.1) is 0 Å². The molecule has 0 aliphatic rings. The molecule has 0 saturated heterocycles. The zero-order valence-electron chi connectivity index (χ0n) is 6.46. The Labute approximate surface area is 64.3 Å². The maximum Gasteiger partial charge on any atom is 0.155 e. The van der Waals surface area contributed by atoms with E-state index in [0.29, 0.717) is 0 Å². The molecular weight excluding hydrogens is 149 g/mol. The Hall–Kier alpha value is -1.46. The van der Waals surface area contributed by atoms with Crippen molar-refractivity contribution in [3.63, 3.8) is 0 Å². The minimum atomic E-state index is -0.234. The van der Waals surface area contributed by atoms with Crippen LogP contribution >= 0.6 is 0 Å². The summed E-state index contributed by atoms with van der Waals surface area (Å²) in [5.41, 5.74) is 6.67. The number of likely N-dealkylation sites (N-methyl/N-ethyl adjacent to an activating group) is 1. The lowest BCUT2D eigenvalue weighted by atomic mass is 10.4. The van der Waals surface area contributed by atoms with Crippen LogP contribution in [0.2, 0.25) is 0 Å². The van der Waals surface area contributed by atoms with Gasteiger partial charge in [-0.3, -0.25) is 5.41 Å². The third kappa shape index (κ3) is 2.32. The summed E-state index contributed by atoms with van der Waals surface area (Å²) in [6.07, 6.45) is 0. The van der Waals surface area contributed by atoms with Gasteiger partial charge in [0, 0.05) is 14.1 Å². The standard InChI is InChI=1S/C5H12FN5/c1-9-3(4(7)8)5(10-2)11-6/h9-11H,1-2H3,(H3,7,8)/b5-3+. The van der Waals surface area contributed by atoms with Crippen LogP contribution in [0.15, 0.2) is 11.5 Å². The van der Waals surface area contributed by atoms with Crippen molar-refractivity contribution < 1.29 is 4.48 Å². The van der Waals surface area contributed by atoms with Crippen LogP contribution in [0, 0.1) is 5.41 Å². The Morgan fingerprint density at radius 3 is 2.00 bits per heavy atom. The molecule has 0 radical (unpaired) electrons. The summed E-state index contributed by atoms with van der Waals surface area (Å²) in [6, 6.07) is 0. The van der Waals surface area contributed by atoms with E-state index in [4.69, 9.17) is 11.1 Å². The minimum absolute atomic E-state index is 0.0417. The summed E-state index contributed by atoms with van der Waals surface area (Å²) in [4.78, 5) is 0. The van der Waals surface area contributed by atoms with Crippen molar-refractivity contribution in [3.8, 4) is 0 Å². The predicted octanol–water partition coefficient (Wildman–Crippen LogP) is -0.996. The Kier molecular flexibility index (Phi) is 3.79. The number of nitrogens with one attached hydrogen (secondary N) is 4. The maximum atomic E-state index is 11.9. The second kappa shape index (κ2) is 4.37. The van der Waals surface area contributed by atoms with Crippen molar-refractivity contribution >= 4 is 5.84 Å². The molecule has 0 unspecified atom stereocenters. The molecule has 6 N–H and O–H groups in total. The number of nitrogens with two attached hydrogens (primary N) is 1. The largest absolute Gasteiger partial charge is 0.382 e. The molecule has 0 bridgehead atoms. The zero-order chi connectivity index (χ0) is 8.85. The van der Waals surface area contributed by atoms with Gasteiger partial charge in [-0.05, 0) is 0 Å². The lowest BCUT2D eigenvalue weighted by Crippen LogP contribution is -2.31. The lowest BCUT2D eigenvalue weighted by molar-refractivity contribution is 0.368. The molecule has 0 amide bonds. The van der Waals surface area contributed by atoms with Crippen molar-refractivity contribution in [1.82, 2.24) is 16.2 Å². The van der Waals surface area contributed by atoms with Crippen LogP contribution in [0.25, 0.3) is 0 Å². The summed E-state index contributed by atoms with van der Waals surface area (Å²) in [5.74, 6) is -0.193. The van der Waals surface area contributed by atoms with Crippen LogP contribution < -0.4 is 21.9 Å². The fraction of sp³-hybridized carbons (Fsp3) is 0.400. The van der Waals surface area contributed by atoms with Gasteiger partial charge in [-0.15, -0.1) is 4.48 Å². The molecule has 0 aliphatic carbocycles. The molecule has 64 valence electrons. The summed E-state index contributed by atoms with van der Waals surface area (Å²) < 4.78 is 11.9. The number of amidine groups is 1. The van der Waals surface area contributed by atoms with Crippen molar-refractivity contribution in [2.75, 3.05) is 14.1 Å². The van der Waals surface area contributed by atoms with E-state index in [9.17, 15) is 4.48 Å². The SMILES string of the molecule is CN/C(NF)=C(\NC)C(=N)N. The molecule has 0 aromatic rings. The zero-order valence-corrected chi connectivity index (χ0v) is 6.46. The van der Waals surface area contributed by atoms with Gasteiger partial charge in [0.25, 0.3) is 0 Å². The van der Waals surface area contributed by atoms with Gasteiger partial charge >= 0.3 is 0 Å². The normalized spacial score (nSPS) is 11.5. The van der Waals surface area contributed by atoms with Gasteiger partial charge in [0.1, 0.15) is 11.5 Å². The average molecular weight is 161 g/mol. The predicted molar refractivity (Wildman–Crippen MR) is 41.3 cm³/mol. The molecule has 0 aromatic carbocycles. The van der Waals surface area contributed by atoms with Crippen LogP contribution in [0.4, 0.5) is 4.48 Å². The Balaban J connectivity index is 4.62. The van der Waals surface area contributed by atoms with E-state index in [-0.39, 0.29) is 17.4 Å². The average Bonchev–Trinajstić information content (AvgIpc) is 1.99. The molecular formula is C5H12FN5. The second-order valence-electron chi connectivity index (χ2n) is 1.76. The molecule has 6 heteroatoms. The first-order chi connectivity index (χ1) is 5.17. The molecule has 0 spiro atoms. The van der Waals surface area contributed by atoms with Gasteiger partial charge in [0.15, 0.2) is 5.82 Å². The first-order valence-electron chi connectivity index (χ1n) is 2.98. The number of hydrogen-bond donors (Lipinski definition) is 5. The maximum absolute atomic E-state index is 11.9. The Morgan fingerprint density at radius 2 is 1.91 bits per heavy atom. The summed E-state index contributed by atoms with van der Waals surface area (Å²) in [5, 5.41) is 12.1. The van der Waals surface area contributed by atoms with Crippen LogP contribution in [0.5, 0.6) is 0 Å². The van der Waals surface area contributed by atoms with Crippen molar-refractivity contribution in [1.29, 1.82) is 5.41 Å². The highest BCUT2D eigenvalue weighted by Crippen LogP contribution is 1.91. The van der Waals surface area contributed by atoms with Crippen molar-refractivity contribution in [3.05, 3.63) is 11.5 Å². The minimum Gasteiger partial charge on any atom is -0.382 e.